The van der Waals surface area contributed by atoms with E-state index in [2.05, 4.69) is 17.2 Å². The van der Waals surface area contributed by atoms with E-state index in [-0.39, 0.29) is 12.1 Å². The van der Waals surface area contributed by atoms with Crippen LogP contribution in [-0.2, 0) is 0 Å². The van der Waals surface area contributed by atoms with E-state index in [0.29, 0.717) is 22.7 Å². The van der Waals surface area contributed by atoms with E-state index in [1.165, 1.54) is 6.42 Å². The zero-order valence-corrected chi connectivity index (χ0v) is 12.1. The van der Waals surface area contributed by atoms with Gasteiger partial charge in [-0.1, -0.05) is 19.8 Å². The summed E-state index contributed by atoms with van der Waals surface area (Å²) in [7, 11) is 0. The number of aromatic amines is 1. The number of benzene rings is 1. The first-order valence-corrected chi connectivity index (χ1v) is 7.33. The van der Waals surface area contributed by atoms with Crippen LogP contribution < -0.4 is 16.8 Å². The second kappa shape index (κ2) is 5.11. The Morgan fingerprint density at radius 1 is 1.57 bits per heavy atom. The molecule has 0 spiro atoms. The lowest BCUT2D eigenvalue weighted by Crippen LogP contribution is -2.46. The van der Waals surface area contributed by atoms with Crippen LogP contribution in [0.2, 0.25) is 0 Å². The van der Waals surface area contributed by atoms with Crippen molar-refractivity contribution in [3.8, 4) is 0 Å². The van der Waals surface area contributed by atoms with Crippen LogP contribution in [0.5, 0.6) is 0 Å². The molecule has 21 heavy (non-hydrogen) atoms. The molecule has 2 unspecified atom stereocenters. The summed E-state index contributed by atoms with van der Waals surface area (Å²) in [6.07, 6.45) is 4.09. The molecule has 0 saturated heterocycles. The maximum atomic E-state index is 11.2. The first kappa shape index (κ1) is 14.0. The molecule has 1 aromatic heterocycles. The van der Waals surface area contributed by atoms with Crippen LogP contribution in [0.25, 0.3) is 11.1 Å². The highest BCUT2D eigenvalue weighted by Crippen LogP contribution is 2.36. The van der Waals surface area contributed by atoms with Crippen LogP contribution in [0.1, 0.15) is 32.6 Å². The summed E-state index contributed by atoms with van der Waals surface area (Å²) in [5.41, 5.74) is 7.98. The van der Waals surface area contributed by atoms with Gasteiger partial charge in [0.2, 0.25) is 0 Å². The van der Waals surface area contributed by atoms with Crippen LogP contribution in [0.3, 0.4) is 0 Å². The lowest BCUT2D eigenvalue weighted by molar-refractivity contribution is 0.149. The molecule has 1 aromatic carbocycles. The second-order valence-electron chi connectivity index (χ2n) is 6.22. The van der Waals surface area contributed by atoms with Gasteiger partial charge in [-0.2, -0.15) is 0 Å². The number of aliphatic hydroxyl groups excluding tert-OH is 1. The molecule has 0 bridgehead atoms. The van der Waals surface area contributed by atoms with Gasteiger partial charge < -0.3 is 20.6 Å². The molecule has 6 heteroatoms. The third-order valence-electron chi connectivity index (χ3n) is 4.39. The van der Waals surface area contributed by atoms with E-state index < -0.39 is 5.76 Å². The Balaban J connectivity index is 1.95. The quantitative estimate of drug-likeness (QED) is 0.648. The number of oxazole rings is 1. The lowest BCUT2D eigenvalue weighted by atomic mass is 9.76. The summed E-state index contributed by atoms with van der Waals surface area (Å²) in [5, 5.41) is 13.3. The number of hydrogen-bond donors (Lipinski definition) is 4. The van der Waals surface area contributed by atoms with Gasteiger partial charge in [0.1, 0.15) is 0 Å². The second-order valence-corrected chi connectivity index (χ2v) is 6.22. The highest BCUT2D eigenvalue weighted by molar-refractivity contribution is 5.85. The van der Waals surface area contributed by atoms with E-state index in [1.54, 1.807) is 12.1 Å². The van der Waals surface area contributed by atoms with Gasteiger partial charge in [0.15, 0.2) is 5.58 Å². The fourth-order valence-corrected chi connectivity index (χ4v) is 3.36. The van der Waals surface area contributed by atoms with Gasteiger partial charge in [-0.05, 0) is 24.8 Å². The van der Waals surface area contributed by atoms with Crippen molar-refractivity contribution >= 4 is 22.5 Å². The Morgan fingerprint density at radius 3 is 3.10 bits per heavy atom. The standard InChI is InChI=1S/C15H21N3O3/c1-9-3-2-4-15(7-9,8-19)18-11-6-12-13(5-10(11)16)21-14(20)17-12/h5-6,9,18-19H,2-4,7-8,16H2,1H3,(H,17,20). The Morgan fingerprint density at radius 2 is 2.38 bits per heavy atom. The van der Waals surface area contributed by atoms with Gasteiger partial charge in [0.25, 0.3) is 0 Å². The molecule has 5 N–H and O–H groups in total. The summed E-state index contributed by atoms with van der Waals surface area (Å²) in [6, 6.07) is 3.40. The predicted octanol–water partition coefficient (Wildman–Crippen LogP) is 2.06. The number of nitrogen functional groups attached to an aromatic ring is 1. The number of aliphatic hydroxyl groups is 1. The molecule has 0 amide bonds. The molecule has 1 heterocycles. The number of fused-ring (bicyclic) bond motifs is 1. The maximum absolute atomic E-state index is 11.2. The van der Waals surface area contributed by atoms with Crippen molar-refractivity contribution in [1.29, 1.82) is 0 Å². The Hall–Kier alpha value is -1.95. The Kier molecular flexibility index (Phi) is 3.41. The molecule has 1 fully saturated rings. The van der Waals surface area contributed by atoms with E-state index in [1.807, 2.05) is 0 Å². The molecule has 1 aliphatic rings. The third-order valence-corrected chi connectivity index (χ3v) is 4.39. The monoisotopic (exact) mass is 291 g/mol. The zero-order valence-electron chi connectivity index (χ0n) is 12.1. The summed E-state index contributed by atoms with van der Waals surface area (Å²) in [4.78, 5) is 13.9. The average molecular weight is 291 g/mol. The highest BCUT2D eigenvalue weighted by atomic mass is 16.4. The van der Waals surface area contributed by atoms with Crippen LogP contribution in [0.15, 0.2) is 21.3 Å². The van der Waals surface area contributed by atoms with Gasteiger partial charge in [0, 0.05) is 6.07 Å². The molecule has 6 nitrogen and oxygen atoms in total. The minimum Gasteiger partial charge on any atom is -0.408 e. The largest absolute Gasteiger partial charge is 0.417 e. The Bertz CT molecular complexity index is 706. The summed E-state index contributed by atoms with van der Waals surface area (Å²) in [6.45, 7) is 2.27. The predicted molar refractivity (Wildman–Crippen MR) is 82.3 cm³/mol. The van der Waals surface area contributed by atoms with Crippen LogP contribution in [0, 0.1) is 5.92 Å². The number of H-pyrrole nitrogens is 1. The minimum absolute atomic E-state index is 0.0662. The van der Waals surface area contributed by atoms with Gasteiger partial charge in [-0.25, -0.2) is 4.79 Å². The third kappa shape index (κ3) is 2.63. The van der Waals surface area contributed by atoms with Gasteiger partial charge in [0.05, 0.1) is 29.0 Å². The lowest BCUT2D eigenvalue weighted by Gasteiger charge is -2.40. The molecule has 0 aliphatic heterocycles. The van der Waals surface area contributed by atoms with Gasteiger partial charge in [-0.3, -0.25) is 4.98 Å². The number of nitrogens with one attached hydrogen (secondary N) is 2. The van der Waals surface area contributed by atoms with Crippen molar-refractivity contribution < 1.29 is 9.52 Å². The first-order chi connectivity index (χ1) is 10.0. The fourth-order valence-electron chi connectivity index (χ4n) is 3.36. The van der Waals surface area contributed by atoms with E-state index in [0.717, 1.165) is 24.9 Å². The maximum Gasteiger partial charge on any atom is 0.417 e. The van der Waals surface area contributed by atoms with Crippen molar-refractivity contribution in [2.75, 3.05) is 17.7 Å². The number of aromatic nitrogens is 1. The molecule has 1 saturated carbocycles. The fraction of sp³-hybridized carbons (Fsp3) is 0.533. The molecular formula is C15H21N3O3. The van der Waals surface area contributed by atoms with E-state index in [9.17, 15) is 9.90 Å². The van der Waals surface area contributed by atoms with Crippen molar-refractivity contribution in [1.82, 2.24) is 4.98 Å². The normalized spacial score (nSPS) is 26.1. The molecule has 114 valence electrons. The highest BCUT2D eigenvalue weighted by Gasteiger charge is 2.34. The molecule has 3 rings (SSSR count). The van der Waals surface area contributed by atoms with E-state index in [4.69, 9.17) is 10.2 Å². The van der Waals surface area contributed by atoms with Crippen LogP contribution in [0.4, 0.5) is 11.4 Å². The number of rotatable bonds is 3. The Labute approximate surface area is 122 Å². The minimum atomic E-state index is -0.496. The zero-order chi connectivity index (χ0) is 15.0. The topological polar surface area (TPSA) is 104 Å². The first-order valence-electron chi connectivity index (χ1n) is 7.33. The summed E-state index contributed by atoms with van der Waals surface area (Å²) >= 11 is 0. The summed E-state index contributed by atoms with van der Waals surface area (Å²) < 4.78 is 4.99. The summed E-state index contributed by atoms with van der Waals surface area (Å²) in [5.74, 6) is 0.0711. The van der Waals surface area contributed by atoms with Crippen molar-refractivity contribution in [3.05, 3.63) is 22.7 Å². The van der Waals surface area contributed by atoms with E-state index >= 15 is 0 Å². The van der Waals surface area contributed by atoms with Gasteiger partial charge >= 0.3 is 5.76 Å². The number of hydrogen-bond acceptors (Lipinski definition) is 5. The SMILES string of the molecule is CC1CCCC(CO)(Nc2cc3[nH]c(=O)oc3cc2N)C1. The van der Waals surface area contributed by atoms with Crippen molar-refractivity contribution in [2.24, 2.45) is 5.92 Å². The number of nitrogens with two attached hydrogens (primary N) is 1. The van der Waals surface area contributed by atoms with Crippen molar-refractivity contribution in [2.45, 2.75) is 38.1 Å². The van der Waals surface area contributed by atoms with Crippen LogP contribution in [-0.4, -0.2) is 22.2 Å². The smallest absolute Gasteiger partial charge is 0.408 e. The average Bonchev–Trinajstić information content (AvgIpc) is 2.78. The van der Waals surface area contributed by atoms with Crippen LogP contribution >= 0.6 is 0 Å². The van der Waals surface area contributed by atoms with Gasteiger partial charge in [-0.15, -0.1) is 0 Å². The molecular weight excluding hydrogens is 270 g/mol. The number of anilines is 2. The molecule has 0 radical (unpaired) electrons. The van der Waals surface area contributed by atoms with Crippen molar-refractivity contribution in [3.63, 3.8) is 0 Å². The molecule has 1 aliphatic carbocycles. The molecule has 2 aromatic rings. The molecule has 2 atom stereocenters.